The van der Waals surface area contributed by atoms with E-state index in [0.717, 1.165) is 17.0 Å². The van der Waals surface area contributed by atoms with Crippen molar-refractivity contribution in [3.63, 3.8) is 0 Å². The second-order valence-corrected chi connectivity index (χ2v) is 6.71. The molecular formula is C20H28N2O3. The van der Waals surface area contributed by atoms with Gasteiger partial charge in [0.15, 0.2) is 5.76 Å². The molecule has 25 heavy (non-hydrogen) atoms. The van der Waals surface area contributed by atoms with Crippen LogP contribution in [0.2, 0.25) is 0 Å². The average molecular weight is 344 g/mol. The van der Waals surface area contributed by atoms with Gasteiger partial charge in [-0.25, -0.2) is 0 Å². The standard InChI is InChI=1S/C20H28N2O3/c1-14(2)19-11-18(25-22-19)10-9-16-7-5-6-8-20(16)24-13-17(23)12-21-15(3)4/h5-11,14-15,17,21,23H,12-13H2,1-4H3. The molecule has 0 aliphatic carbocycles. The molecule has 2 N–H and O–H groups in total. The Morgan fingerprint density at radius 1 is 1.20 bits per heavy atom. The van der Waals surface area contributed by atoms with Gasteiger partial charge in [-0.2, -0.15) is 0 Å². The average Bonchev–Trinajstić information content (AvgIpc) is 3.06. The number of hydrogen-bond acceptors (Lipinski definition) is 5. The number of rotatable bonds is 9. The van der Waals surface area contributed by atoms with Crippen molar-refractivity contribution < 1.29 is 14.4 Å². The molecular weight excluding hydrogens is 316 g/mol. The van der Waals surface area contributed by atoms with Crippen molar-refractivity contribution in [3.05, 3.63) is 47.3 Å². The van der Waals surface area contributed by atoms with Crippen LogP contribution in [0.5, 0.6) is 5.75 Å². The van der Waals surface area contributed by atoms with Gasteiger partial charge in [-0.1, -0.05) is 51.1 Å². The predicted octanol–water partition coefficient (Wildman–Crippen LogP) is 3.71. The largest absolute Gasteiger partial charge is 0.490 e. The Hall–Kier alpha value is -2.11. The second kappa shape index (κ2) is 9.39. The molecule has 5 heteroatoms. The van der Waals surface area contributed by atoms with Gasteiger partial charge < -0.3 is 19.7 Å². The summed E-state index contributed by atoms with van der Waals surface area (Å²) in [5.74, 6) is 1.77. The maximum Gasteiger partial charge on any atom is 0.159 e. The molecule has 0 aliphatic rings. The van der Waals surface area contributed by atoms with Gasteiger partial charge in [0.2, 0.25) is 0 Å². The monoisotopic (exact) mass is 344 g/mol. The van der Waals surface area contributed by atoms with Gasteiger partial charge in [0.05, 0.1) is 5.69 Å². The Labute approximate surface area is 149 Å². The smallest absolute Gasteiger partial charge is 0.159 e. The van der Waals surface area contributed by atoms with Gasteiger partial charge in [0.25, 0.3) is 0 Å². The summed E-state index contributed by atoms with van der Waals surface area (Å²) in [6, 6.07) is 9.99. The summed E-state index contributed by atoms with van der Waals surface area (Å²) >= 11 is 0. The molecule has 0 spiro atoms. The molecule has 2 rings (SSSR count). The molecule has 0 radical (unpaired) electrons. The summed E-state index contributed by atoms with van der Waals surface area (Å²) < 4.78 is 11.1. The Morgan fingerprint density at radius 2 is 1.96 bits per heavy atom. The molecule has 1 heterocycles. The van der Waals surface area contributed by atoms with Crippen LogP contribution in [0.15, 0.2) is 34.9 Å². The summed E-state index contributed by atoms with van der Waals surface area (Å²) in [6.07, 6.45) is 3.25. The zero-order chi connectivity index (χ0) is 18.2. The minimum atomic E-state index is -0.553. The van der Waals surface area contributed by atoms with E-state index in [0.29, 0.717) is 24.3 Å². The highest BCUT2D eigenvalue weighted by molar-refractivity contribution is 5.70. The lowest BCUT2D eigenvalue weighted by atomic mass is 10.1. The van der Waals surface area contributed by atoms with Crippen LogP contribution in [-0.2, 0) is 0 Å². The van der Waals surface area contributed by atoms with Crippen molar-refractivity contribution in [2.24, 2.45) is 0 Å². The Kier molecular flexibility index (Phi) is 7.22. The summed E-state index contributed by atoms with van der Waals surface area (Å²) in [5, 5.41) is 17.2. The number of hydrogen-bond donors (Lipinski definition) is 2. The number of aliphatic hydroxyl groups excluding tert-OH is 1. The van der Waals surface area contributed by atoms with Crippen LogP contribution in [0.25, 0.3) is 12.2 Å². The summed E-state index contributed by atoms with van der Waals surface area (Å²) in [7, 11) is 0. The van der Waals surface area contributed by atoms with E-state index in [4.69, 9.17) is 9.26 Å². The quantitative estimate of drug-likeness (QED) is 0.726. The van der Waals surface area contributed by atoms with Crippen molar-refractivity contribution in [3.8, 4) is 5.75 Å². The molecule has 2 aromatic rings. The highest BCUT2D eigenvalue weighted by Gasteiger charge is 2.08. The highest BCUT2D eigenvalue weighted by atomic mass is 16.5. The Morgan fingerprint density at radius 3 is 2.64 bits per heavy atom. The van der Waals surface area contributed by atoms with Crippen LogP contribution < -0.4 is 10.1 Å². The van der Waals surface area contributed by atoms with Crippen LogP contribution in [0, 0.1) is 0 Å². The van der Waals surface area contributed by atoms with Crippen LogP contribution in [0.3, 0.4) is 0 Å². The van der Waals surface area contributed by atoms with E-state index in [2.05, 4.69) is 24.3 Å². The van der Waals surface area contributed by atoms with Gasteiger partial charge in [0, 0.05) is 24.2 Å². The predicted molar refractivity (Wildman–Crippen MR) is 101 cm³/mol. The zero-order valence-electron chi connectivity index (χ0n) is 15.4. The number of nitrogens with zero attached hydrogens (tertiary/aromatic N) is 1. The molecule has 1 aromatic carbocycles. The number of benzene rings is 1. The van der Waals surface area contributed by atoms with E-state index < -0.39 is 6.10 Å². The van der Waals surface area contributed by atoms with Crippen molar-refractivity contribution in [2.75, 3.05) is 13.2 Å². The first-order valence-electron chi connectivity index (χ1n) is 8.73. The molecule has 136 valence electrons. The number of para-hydroxylation sites is 1. The second-order valence-electron chi connectivity index (χ2n) is 6.71. The lowest BCUT2D eigenvalue weighted by Gasteiger charge is -2.16. The summed E-state index contributed by atoms with van der Waals surface area (Å²) in [5.41, 5.74) is 1.86. The van der Waals surface area contributed by atoms with E-state index in [1.54, 1.807) is 0 Å². The van der Waals surface area contributed by atoms with Crippen LogP contribution in [-0.4, -0.2) is 35.6 Å². The summed E-state index contributed by atoms with van der Waals surface area (Å²) in [6.45, 7) is 8.99. The third-order valence-corrected chi connectivity index (χ3v) is 3.68. The lowest BCUT2D eigenvalue weighted by Crippen LogP contribution is -2.35. The molecule has 1 aromatic heterocycles. The first kappa shape index (κ1) is 19.2. The molecule has 0 saturated heterocycles. The van der Waals surface area contributed by atoms with Gasteiger partial charge in [-0.05, 0) is 24.1 Å². The van der Waals surface area contributed by atoms with E-state index in [1.807, 2.05) is 56.3 Å². The Balaban J connectivity index is 1.98. The SMILES string of the molecule is CC(C)NCC(O)COc1ccccc1C=Cc1cc(C(C)C)no1. The van der Waals surface area contributed by atoms with Crippen LogP contribution in [0.4, 0.5) is 0 Å². The lowest BCUT2D eigenvalue weighted by molar-refractivity contribution is 0.104. The van der Waals surface area contributed by atoms with Crippen LogP contribution >= 0.6 is 0 Å². The third-order valence-electron chi connectivity index (χ3n) is 3.68. The molecule has 0 bridgehead atoms. The van der Waals surface area contributed by atoms with E-state index in [9.17, 15) is 5.11 Å². The maximum atomic E-state index is 9.98. The normalized spacial score (nSPS) is 13.1. The first-order valence-corrected chi connectivity index (χ1v) is 8.73. The minimum Gasteiger partial charge on any atom is -0.490 e. The molecule has 0 aliphatic heterocycles. The van der Waals surface area contributed by atoms with E-state index in [-0.39, 0.29) is 6.61 Å². The zero-order valence-corrected chi connectivity index (χ0v) is 15.4. The van der Waals surface area contributed by atoms with Crippen molar-refractivity contribution in [1.29, 1.82) is 0 Å². The molecule has 5 nitrogen and oxygen atoms in total. The van der Waals surface area contributed by atoms with E-state index in [1.165, 1.54) is 0 Å². The first-order chi connectivity index (χ1) is 12.0. The van der Waals surface area contributed by atoms with Gasteiger partial charge in [-0.3, -0.25) is 0 Å². The van der Waals surface area contributed by atoms with E-state index >= 15 is 0 Å². The minimum absolute atomic E-state index is 0.240. The number of ether oxygens (including phenoxy) is 1. The van der Waals surface area contributed by atoms with Crippen molar-refractivity contribution in [1.82, 2.24) is 10.5 Å². The third kappa shape index (κ3) is 6.36. The van der Waals surface area contributed by atoms with Crippen molar-refractivity contribution in [2.45, 2.75) is 45.8 Å². The van der Waals surface area contributed by atoms with Gasteiger partial charge in [-0.15, -0.1) is 0 Å². The fraction of sp³-hybridized carbons (Fsp3) is 0.450. The van der Waals surface area contributed by atoms with Crippen LogP contribution in [0.1, 0.15) is 50.6 Å². The topological polar surface area (TPSA) is 67.5 Å². The maximum absolute atomic E-state index is 9.98. The molecule has 0 amide bonds. The van der Waals surface area contributed by atoms with Crippen molar-refractivity contribution >= 4 is 12.2 Å². The summed E-state index contributed by atoms with van der Waals surface area (Å²) in [4.78, 5) is 0. The van der Waals surface area contributed by atoms with Gasteiger partial charge in [0.1, 0.15) is 18.5 Å². The fourth-order valence-electron chi connectivity index (χ4n) is 2.19. The molecule has 1 atom stereocenters. The highest BCUT2D eigenvalue weighted by Crippen LogP contribution is 2.22. The fourth-order valence-corrected chi connectivity index (χ4v) is 2.19. The molecule has 0 fully saturated rings. The number of aromatic nitrogens is 1. The molecule has 1 unspecified atom stereocenters. The number of nitrogens with one attached hydrogen (secondary N) is 1. The van der Waals surface area contributed by atoms with Gasteiger partial charge >= 0.3 is 0 Å². The Bertz CT molecular complexity index is 677. The molecule has 0 saturated carbocycles. The number of aliphatic hydroxyl groups is 1.